The molecule has 0 aliphatic carbocycles. The van der Waals surface area contributed by atoms with Crippen molar-refractivity contribution in [2.24, 2.45) is 0 Å². The van der Waals surface area contributed by atoms with E-state index in [9.17, 15) is 4.79 Å². The topological polar surface area (TPSA) is 72.5 Å². The number of aryl methyl sites for hydroxylation is 1. The van der Waals surface area contributed by atoms with Crippen molar-refractivity contribution in [2.45, 2.75) is 13.3 Å². The van der Waals surface area contributed by atoms with Crippen molar-refractivity contribution in [2.75, 3.05) is 24.9 Å². The predicted molar refractivity (Wildman–Crippen MR) is 111 cm³/mol. The lowest BCUT2D eigenvalue weighted by Crippen LogP contribution is -2.14. The number of rotatable bonds is 7. The van der Waals surface area contributed by atoms with E-state index in [4.69, 9.17) is 9.47 Å². The maximum atomic E-state index is 12.2. The predicted octanol–water partition coefficient (Wildman–Crippen LogP) is 4.33. The van der Waals surface area contributed by atoms with Gasteiger partial charge in [-0.05, 0) is 54.4 Å². The summed E-state index contributed by atoms with van der Waals surface area (Å²) in [7, 11) is 3.24. The monoisotopic (exact) mass is 377 g/mol. The fourth-order valence-corrected chi connectivity index (χ4v) is 2.73. The molecule has 0 fully saturated rings. The first kappa shape index (κ1) is 19.2. The van der Waals surface area contributed by atoms with Crippen molar-refractivity contribution < 1.29 is 14.3 Å². The molecule has 0 saturated heterocycles. The minimum Gasteiger partial charge on any atom is -0.497 e. The van der Waals surface area contributed by atoms with Crippen LogP contribution in [-0.2, 0) is 11.2 Å². The van der Waals surface area contributed by atoms with E-state index in [1.54, 1.807) is 20.4 Å². The highest BCUT2D eigenvalue weighted by Crippen LogP contribution is 2.28. The summed E-state index contributed by atoms with van der Waals surface area (Å²) < 4.78 is 10.5. The van der Waals surface area contributed by atoms with Crippen LogP contribution in [0.25, 0.3) is 0 Å². The largest absolute Gasteiger partial charge is 0.497 e. The Kier molecular flexibility index (Phi) is 6.11. The number of nitrogens with zero attached hydrogens (tertiary/aromatic N) is 1. The summed E-state index contributed by atoms with van der Waals surface area (Å²) in [6.07, 6.45) is 1.90. The lowest BCUT2D eigenvalue weighted by Gasteiger charge is -2.12. The number of anilines is 3. The van der Waals surface area contributed by atoms with Crippen molar-refractivity contribution in [3.63, 3.8) is 0 Å². The molecule has 0 unspecified atom stereocenters. The van der Waals surface area contributed by atoms with Gasteiger partial charge in [0, 0.05) is 0 Å². The molecule has 28 heavy (non-hydrogen) atoms. The van der Waals surface area contributed by atoms with Crippen molar-refractivity contribution in [3.05, 3.63) is 71.9 Å². The Bertz CT molecular complexity index is 938. The molecule has 1 heterocycles. The highest BCUT2D eigenvalue weighted by molar-refractivity contribution is 5.92. The molecule has 2 N–H and O–H groups in total. The van der Waals surface area contributed by atoms with Crippen LogP contribution in [0.15, 0.2) is 60.8 Å². The van der Waals surface area contributed by atoms with Gasteiger partial charge >= 0.3 is 0 Å². The number of nitrogens with one attached hydrogen (secondary N) is 2. The quantitative estimate of drug-likeness (QED) is 0.641. The normalized spacial score (nSPS) is 10.2. The molecule has 3 rings (SSSR count). The molecule has 2 aromatic carbocycles. The van der Waals surface area contributed by atoms with Crippen molar-refractivity contribution in [3.8, 4) is 11.5 Å². The number of methoxy groups -OCH3 is 2. The average Bonchev–Trinajstić information content (AvgIpc) is 2.70. The second-order valence-corrected chi connectivity index (χ2v) is 6.33. The van der Waals surface area contributed by atoms with E-state index in [2.05, 4.69) is 15.6 Å². The van der Waals surface area contributed by atoms with Gasteiger partial charge < -0.3 is 20.1 Å². The summed E-state index contributed by atoms with van der Waals surface area (Å²) in [5, 5.41) is 6.09. The SMILES string of the molecule is COc1ccc(CC(=O)Nc2ccc(Nc3cc(C)ccc3OC)nc2)cc1. The lowest BCUT2D eigenvalue weighted by atomic mass is 10.1. The Balaban J connectivity index is 1.61. The van der Waals surface area contributed by atoms with E-state index in [0.29, 0.717) is 11.5 Å². The molecule has 1 amide bonds. The van der Waals surface area contributed by atoms with E-state index in [0.717, 1.165) is 28.3 Å². The molecule has 144 valence electrons. The summed E-state index contributed by atoms with van der Waals surface area (Å²) in [4.78, 5) is 16.6. The second kappa shape index (κ2) is 8.90. The van der Waals surface area contributed by atoms with Crippen LogP contribution in [0.4, 0.5) is 17.2 Å². The molecule has 0 aliphatic rings. The van der Waals surface area contributed by atoms with Crippen LogP contribution in [0.5, 0.6) is 11.5 Å². The molecule has 0 atom stereocenters. The van der Waals surface area contributed by atoms with Crippen LogP contribution < -0.4 is 20.1 Å². The van der Waals surface area contributed by atoms with Crippen LogP contribution in [0.3, 0.4) is 0 Å². The molecular weight excluding hydrogens is 354 g/mol. The Hall–Kier alpha value is -3.54. The number of pyridine rings is 1. The maximum Gasteiger partial charge on any atom is 0.228 e. The average molecular weight is 377 g/mol. The summed E-state index contributed by atoms with van der Waals surface area (Å²) in [6, 6.07) is 16.9. The molecule has 0 bridgehead atoms. The standard InChI is InChI=1S/C22H23N3O3/c1-15-4-10-20(28-3)19(12-15)25-21-11-7-17(14-23-21)24-22(26)13-16-5-8-18(27-2)9-6-16/h4-12,14H,13H2,1-3H3,(H,23,25)(H,24,26). The molecule has 3 aromatic rings. The van der Waals surface area contributed by atoms with Crippen LogP contribution in [0.2, 0.25) is 0 Å². The highest BCUT2D eigenvalue weighted by Gasteiger charge is 2.07. The number of hydrogen-bond donors (Lipinski definition) is 2. The lowest BCUT2D eigenvalue weighted by molar-refractivity contribution is -0.115. The van der Waals surface area contributed by atoms with Gasteiger partial charge in [0.05, 0.1) is 38.2 Å². The number of amides is 1. The molecule has 6 heteroatoms. The first-order chi connectivity index (χ1) is 13.6. The van der Waals surface area contributed by atoms with Crippen LogP contribution >= 0.6 is 0 Å². The Morgan fingerprint density at radius 2 is 1.79 bits per heavy atom. The molecule has 0 spiro atoms. The minimum absolute atomic E-state index is 0.104. The van der Waals surface area contributed by atoms with E-state index in [1.165, 1.54) is 0 Å². The summed E-state index contributed by atoms with van der Waals surface area (Å²) in [5.74, 6) is 2.07. The van der Waals surface area contributed by atoms with E-state index in [1.807, 2.05) is 61.5 Å². The number of hydrogen-bond acceptors (Lipinski definition) is 5. The zero-order chi connectivity index (χ0) is 19.9. The molecule has 0 saturated carbocycles. The number of ether oxygens (including phenoxy) is 2. The van der Waals surface area contributed by atoms with E-state index >= 15 is 0 Å². The number of carbonyl (C=O) groups excluding carboxylic acids is 1. The van der Waals surface area contributed by atoms with Gasteiger partial charge in [-0.15, -0.1) is 0 Å². The van der Waals surface area contributed by atoms with Crippen molar-refractivity contribution >= 4 is 23.1 Å². The zero-order valence-electron chi connectivity index (χ0n) is 16.2. The number of benzene rings is 2. The smallest absolute Gasteiger partial charge is 0.228 e. The van der Waals surface area contributed by atoms with Gasteiger partial charge in [0.15, 0.2) is 0 Å². The van der Waals surface area contributed by atoms with Gasteiger partial charge in [0.2, 0.25) is 5.91 Å². The molecule has 0 radical (unpaired) electrons. The van der Waals surface area contributed by atoms with Gasteiger partial charge in [-0.1, -0.05) is 18.2 Å². The third-order valence-electron chi connectivity index (χ3n) is 4.19. The Morgan fingerprint density at radius 3 is 2.43 bits per heavy atom. The number of aromatic nitrogens is 1. The van der Waals surface area contributed by atoms with E-state index < -0.39 is 0 Å². The first-order valence-corrected chi connectivity index (χ1v) is 8.88. The minimum atomic E-state index is -0.104. The van der Waals surface area contributed by atoms with Crippen molar-refractivity contribution in [1.82, 2.24) is 4.98 Å². The molecular formula is C22H23N3O3. The molecule has 1 aromatic heterocycles. The van der Waals surface area contributed by atoms with Gasteiger partial charge in [-0.2, -0.15) is 0 Å². The molecule has 0 aliphatic heterocycles. The van der Waals surface area contributed by atoms with Gasteiger partial charge in [-0.3, -0.25) is 4.79 Å². The number of carbonyl (C=O) groups is 1. The van der Waals surface area contributed by atoms with Gasteiger partial charge in [0.1, 0.15) is 17.3 Å². The van der Waals surface area contributed by atoms with E-state index in [-0.39, 0.29) is 12.3 Å². The third kappa shape index (κ3) is 5.01. The van der Waals surface area contributed by atoms with Crippen LogP contribution in [0, 0.1) is 6.92 Å². The summed E-state index contributed by atoms with van der Waals surface area (Å²) in [6.45, 7) is 2.01. The van der Waals surface area contributed by atoms with Crippen LogP contribution in [0.1, 0.15) is 11.1 Å². The Labute approximate surface area is 164 Å². The van der Waals surface area contributed by atoms with Crippen LogP contribution in [-0.4, -0.2) is 25.1 Å². The maximum absolute atomic E-state index is 12.2. The third-order valence-corrected chi connectivity index (χ3v) is 4.19. The second-order valence-electron chi connectivity index (χ2n) is 6.33. The fraction of sp³-hybridized carbons (Fsp3) is 0.182. The van der Waals surface area contributed by atoms with Crippen molar-refractivity contribution in [1.29, 1.82) is 0 Å². The zero-order valence-corrected chi connectivity index (χ0v) is 16.2. The highest BCUT2D eigenvalue weighted by atomic mass is 16.5. The first-order valence-electron chi connectivity index (χ1n) is 8.88. The fourth-order valence-electron chi connectivity index (χ4n) is 2.73. The van der Waals surface area contributed by atoms with Gasteiger partial charge in [0.25, 0.3) is 0 Å². The summed E-state index contributed by atoms with van der Waals surface area (Å²) in [5.41, 5.74) is 3.51. The Morgan fingerprint density at radius 1 is 1.00 bits per heavy atom. The summed E-state index contributed by atoms with van der Waals surface area (Å²) >= 11 is 0. The molecule has 6 nitrogen and oxygen atoms in total. The van der Waals surface area contributed by atoms with Gasteiger partial charge in [-0.25, -0.2) is 4.98 Å².